The lowest BCUT2D eigenvalue weighted by molar-refractivity contribution is -0.115. The molecule has 2 rings (SSSR count). The van der Waals surface area contributed by atoms with Gasteiger partial charge in [-0.2, -0.15) is 0 Å². The van der Waals surface area contributed by atoms with Crippen molar-refractivity contribution in [2.24, 2.45) is 0 Å². The van der Waals surface area contributed by atoms with E-state index in [0.717, 1.165) is 19.3 Å². The largest absolute Gasteiger partial charge is 0.350 e. The van der Waals surface area contributed by atoms with E-state index < -0.39 is 0 Å². The Kier molecular flexibility index (Phi) is 7.25. The van der Waals surface area contributed by atoms with E-state index in [0.29, 0.717) is 23.8 Å². The Morgan fingerprint density at radius 1 is 1.12 bits per heavy atom. The number of nitrogens with one attached hydrogen (secondary N) is 3. The fraction of sp³-hybridized carbons (Fsp3) is 0.579. The number of hydrogen-bond donors (Lipinski definition) is 3. The summed E-state index contributed by atoms with van der Waals surface area (Å²) < 4.78 is 0. The van der Waals surface area contributed by atoms with Crippen molar-refractivity contribution in [2.75, 3.05) is 11.9 Å². The normalized spacial score (nSPS) is 16.4. The summed E-state index contributed by atoms with van der Waals surface area (Å²) in [5.41, 5.74) is 1.32. The highest BCUT2D eigenvalue weighted by Crippen LogP contribution is 2.17. The predicted molar refractivity (Wildman–Crippen MR) is 97.2 cm³/mol. The highest BCUT2D eigenvalue weighted by molar-refractivity contribution is 5.96. The lowest BCUT2D eigenvalue weighted by Gasteiger charge is -2.22. The number of carbonyl (C=O) groups is 2. The second kappa shape index (κ2) is 9.42. The first-order valence-electron chi connectivity index (χ1n) is 9.02. The minimum atomic E-state index is -0.0822. The molecule has 24 heavy (non-hydrogen) atoms. The van der Waals surface area contributed by atoms with Gasteiger partial charge in [-0.15, -0.1) is 0 Å². The molecule has 0 saturated heterocycles. The first kappa shape index (κ1) is 18.5. The summed E-state index contributed by atoms with van der Waals surface area (Å²) >= 11 is 0. The molecule has 132 valence electrons. The standard InChI is InChI=1S/C19H29N3O2/c1-3-14(2)21-19(24)15-9-11-17(12-10-15)22-18(23)13-20-16-7-5-4-6-8-16/h9-12,14,16,20H,3-8,13H2,1-2H3,(H,21,24)(H,22,23). The molecule has 1 aromatic carbocycles. The molecule has 0 bridgehead atoms. The van der Waals surface area contributed by atoms with Crippen molar-refractivity contribution < 1.29 is 9.59 Å². The van der Waals surface area contributed by atoms with Gasteiger partial charge in [-0.05, 0) is 50.5 Å². The van der Waals surface area contributed by atoms with Gasteiger partial charge >= 0.3 is 0 Å². The number of hydrogen-bond acceptors (Lipinski definition) is 3. The summed E-state index contributed by atoms with van der Waals surface area (Å²) in [5, 5.41) is 9.12. The smallest absolute Gasteiger partial charge is 0.251 e. The van der Waals surface area contributed by atoms with Gasteiger partial charge in [0.25, 0.3) is 5.91 Å². The third kappa shape index (κ3) is 5.96. The molecule has 1 fully saturated rings. The van der Waals surface area contributed by atoms with Crippen LogP contribution in [0, 0.1) is 0 Å². The van der Waals surface area contributed by atoms with Crippen molar-refractivity contribution in [1.82, 2.24) is 10.6 Å². The molecular weight excluding hydrogens is 302 g/mol. The molecule has 1 aliphatic rings. The molecule has 0 aromatic heterocycles. The highest BCUT2D eigenvalue weighted by Gasteiger charge is 2.14. The van der Waals surface area contributed by atoms with Crippen LogP contribution in [0.25, 0.3) is 0 Å². The van der Waals surface area contributed by atoms with Crippen molar-refractivity contribution in [2.45, 2.75) is 64.5 Å². The van der Waals surface area contributed by atoms with Crippen LogP contribution in [0.2, 0.25) is 0 Å². The molecule has 2 amide bonds. The van der Waals surface area contributed by atoms with Crippen LogP contribution in [0.3, 0.4) is 0 Å². The van der Waals surface area contributed by atoms with Gasteiger partial charge < -0.3 is 16.0 Å². The van der Waals surface area contributed by atoms with Gasteiger partial charge in [0.05, 0.1) is 6.54 Å². The molecule has 5 nitrogen and oxygen atoms in total. The van der Waals surface area contributed by atoms with E-state index in [4.69, 9.17) is 0 Å². The average molecular weight is 331 g/mol. The topological polar surface area (TPSA) is 70.2 Å². The van der Waals surface area contributed by atoms with Crippen LogP contribution < -0.4 is 16.0 Å². The maximum atomic E-state index is 12.0. The minimum Gasteiger partial charge on any atom is -0.350 e. The van der Waals surface area contributed by atoms with Gasteiger partial charge in [0, 0.05) is 23.3 Å². The van der Waals surface area contributed by atoms with E-state index >= 15 is 0 Å². The Hall–Kier alpha value is -1.88. The maximum absolute atomic E-state index is 12.0. The molecule has 0 heterocycles. The average Bonchev–Trinajstić information content (AvgIpc) is 2.61. The van der Waals surface area contributed by atoms with Crippen LogP contribution in [-0.4, -0.2) is 30.4 Å². The summed E-state index contributed by atoms with van der Waals surface area (Å²) in [7, 11) is 0. The summed E-state index contributed by atoms with van der Waals surface area (Å²) in [6, 6.07) is 7.64. The van der Waals surface area contributed by atoms with Crippen molar-refractivity contribution >= 4 is 17.5 Å². The predicted octanol–water partition coefficient (Wildman–Crippen LogP) is 3.08. The molecule has 0 radical (unpaired) electrons. The molecule has 1 aliphatic carbocycles. The zero-order chi connectivity index (χ0) is 17.4. The zero-order valence-corrected chi connectivity index (χ0v) is 14.7. The Morgan fingerprint density at radius 3 is 2.42 bits per heavy atom. The molecule has 0 aliphatic heterocycles. The minimum absolute atomic E-state index is 0.0441. The monoisotopic (exact) mass is 331 g/mol. The number of amides is 2. The van der Waals surface area contributed by atoms with E-state index in [9.17, 15) is 9.59 Å². The Labute approximate surface area is 144 Å². The summed E-state index contributed by atoms with van der Waals surface area (Å²) in [6.07, 6.45) is 7.02. The van der Waals surface area contributed by atoms with E-state index in [2.05, 4.69) is 16.0 Å². The molecule has 1 aromatic rings. The number of carbonyl (C=O) groups excluding carboxylic acids is 2. The first-order chi connectivity index (χ1) is 11.6. The second-order valence-electron chi connectivity index (χ2n) is 6.62. The van der Waals surface area contributed by atoms with Crippen molar-refractivity contribution in [1.29, 1.82) is 0 Å². The Balaban J connectivity index is 1.78. The zero-order valence-electron chi connectivity index (χ0n) is 14.7. The number of rotatable bonds is 7. The fourth-order valence-corrected chi connectivity index (χ4v) is 2.86. The maximum Gasteiger partial charge on any atom is 0.251 e. The molecule has 3 N–H and O–H groups in total. The lowest BCUT2D eigenvalue weighted by Crippen LogP contribution is -2.37. The molecule has 1 unspecified atom stereocenters. The van der Waals surface area contributed by atoms with E-state index in [1.807, 2.05) is 13.8 Å². The van der Waals surface area contributed by atoms with E-state index in [-0.39, 0.29) is 17.9 Å². The van der Waals surface area contributed by atoms with Crippen LogP contribution in [0.15, 0.2) is 24.3 Å². The van der Waals surface area contributed by atoms with Gasteiger partial charge in [-0.3, -0.25) is 9.59 Å². The van der Waals surface area contributed by atoms with E-state index in [1.54, 1.807) is 24.3 Å². The number of benzene rings is 1. The third-order valence-corrected chi connectivity index (χ3v) is 4.58. The molecule has 0 spiro atoms. The SMILES string of the molecule is CCC(C)NC(=O)c1ccc(NC(=O)CNC2CCCCC2)cc1. The van der Waals surface area contributed by atoms with Crippen LogP contribution in [0.5, 0.6) is 0 Å². The quantitative estimate of drug-likeness (QED) is 0.719. The molecule has 5 heteroatoms. The third-order valence-electron chi connectivity index (χ3n) is 4.58. The molecule has 1 atom stereocenters. The lowest BCUT2D eigenvalue weighted by atomic mass is 9.95. The summed E-state index contributed by atoms with van der Waals surface area (Å²) in [6.45, 7) is 4.34. The van der Waals surface area contributed by atoms with Crippen LogP contribution in [0.1, 0.15) is 62.7 Å². The van der Waals surface area contributed by atoms with Crippen molar-refractivity contribution in [3.8, 4) is 0 Å². The van der Waals surface area contributed by atoms with Crippen molar-refractivity contribution in [3.05, 3.63) is 29.8 Å². The fourth-order valence-electron chi connectivity index (χ4n) is 2.86. The summed E-state index contributed by atoms with van der Waals surface area (Å²) in [4.78, 5) is 24.0. The number of anilines is 1. The van der Waals surface area contributed by atoms with Crippen LogP contribution in [-0.2, 0) is 4.79 Å². The van der Waals surface area contributed by atoms with Crippen molar-refractivity contribution in [3.63, 3.8) is 0 Å². The molecule has 1 saturated carbocycles. The second-order valence-corrected chi connectivity index (χ2v) is 6.62. The van der Waals surface area contributed by atoms with Crippen LogP contribution in [0.4, 0.5) is 5.69 Å². The highest BCUT2D eigenvalue weighted by atomic mass is 16.2. The van der Waals surface area contributed by atoms with Gasteiger partial charge in [0.1, 0.15) is 0 Å². The van der Waals surface area contributed by atoms with Crippen LogP contribution >= 0.6 is 0 Å². The van der Waals surface area contributed by atoms with Gasteiger partial charge in [-0.1, -0.05) is 26.2 Å². The van der Waals surface area contributed by atoms with Gasteiger partial charge in [-0.25, -0.2) is 0 Å². The van der Waals surface area contributed by atoms with Gasteiger partial charge in [0.2, 0.25) is 5.91 Å². The Morgan fingerprint density at radius 2 is 1.79 bits per heavy atom. The molecular formula is C19H29N3O2. The first-order valence-corrected chi connectivity index (χ1v) is 9.02. The van der Waals surface area contributed by atoms with Gasteiger partial charge in [0.15, 0.2) is 0 Å². The Bertz CT molecular complexity index is 536. The van der Waals surface area contributed by atoms with E-state index in [1.165, 1.54) is 19.3 Å². The summed E-state index contributed by atoms with van der Waals surface area (Å²) in [5.74, 6) is -0.126.